The van der Waals surface area contributed by atoms with Gasteiger partial charge in [-0.3, -0.25) is 4.90 Å². The number of carboxylic acid groups (broad SMARTS) is 1. The molecule has 1 saturated heterocycles. The number of nitrogens with zero attached hydrogens (tertiary/aromatic N) is 3. The van der Waals surface area contributed by atoms with Crippen molar-refractivity contribution < 1.29 is 28.5 Å². The first-order chi connectivity index (χ1) is 18.5. The van der Waals surface area contributed by atoms with Gasteiger partial charge in [-0.05, 0) is 68.7 Å². The number of carbonyl (C=O) groups is 1. The Morgan fingerprint density at radius 2 is 1.76 bits per heavy atom. The number of benzene rings is 2. The van der Waals surface area contributed by atoms with E-state index < -0.39 is 6.16 Å². The van der Waals surface area contributed by atoms with Crippen LogP contribution in [0.2, 0.25) is 0 Å². The van der Waals surface area contributed by atoms with Crippen LogP contribution in [-0.4, -0.2) is 58.1 Å². The number of aromatic nitrogens is 2. The van der Waals surface area contributed by atoms with E-state index in [1.165, 1.54) is 0 Å². The van der Waals surface area contributed by atoms with Crippen LogP contribution in [0.25, 0.3) is 16.8 Å². The molecule has 0 saturated carbocycles. The van der Waals surface area contributed by atoms with Gasteiger partial charge in [0.25, 0.3) is 6.01 Å². The minimum atomic E-state index is -1.36. The van der Waals surface area contributed by atoms with Crippen molar-refractivity contribution in [2.24, 2.45) is 0 Å². The van der Waals surface area contributed by atoms with Crippen molar-refractivity contribution in [3.8, 4) is 22.9 Å². The van der Waals surface area contributed by atoms with Crippen molar-refractivity contribution in [1.82, 2.24) is 14.5 Å². The molecule has 0 amide bonds. The second-order valence-electron chi connectivity index (χ2n) is 9.11. The molecule has 4 aromatic rings. The van der Waals surface area contributed by atoms with Crippen molar-refractivity contribution in [3.63, 3.8) is 0 Å². The molecule has 2 N–H and O–H groups in total. The predicted molar refractivity (Wildman–Crippen MR) is 143 cm³/mol. The normalized spacial score (nSPS) is 14.5. The smallest absolute Gasteiger partial charge is 0.492 e. The Labute approximate surface area is 220 Å². The van der Waals surface area contributed by atoms with Gasteiger partial charge in [0.05, 0.1) is 13.2 Å². The van der Waals surface area contributed by atoms with Crippen LogP contribution in [0, 0.1) is 0 Å². The maximum Gasteiger partial charge on any atom is 0.511 e. The molecule has 2 aromatic heterocycles. The number of fused-ring (bicyclic) bond motifs is 1. The van der Waals surface area contributed by atoms with E-state index in [0.717, 1.165) is 55.2 Å². The van der Waals surface area contributed by atoms with Crippen molar-refractivity contribution in [3.05, 3.63) is 60.4 Å². The highest BCUT2D eigenvalue weighted by atomic mass is 16.7. The monoisotopic (exact) mass is 520 g/mol. The van der Waals surface area contributed by atoms with Crippen LogP contribution in [0.1, 0.15) is 32.3 Å². The number of nitrogens with one attached hydrogen (secondary N) is 1. The Morgan fingerprint density at radius 1 is 1.08 bits per heavy atom. The predicted octanol–water partition coefficient (Wildman–Crippen LogP) is 5.55. The SMILES string of the molecule is CCOc1cc(CN2CCC(Nc3nc4cc(OC(=O)O)ccc4o3)CC2)cc(OCC)c1-n1cccc1. The van der Waals surface area contributed by atoms with Crippen molar-refractivity contribution in [2.75, 3.05) is 31.6 Å². The molecular formula is C28H32N4O6. The summed E-state index contributed by atoms with van der Waals surface area (Å²) in [5.41, 5.74) is 3.19. The largest absolute Gasteiger partial charge is 0.511 e. The fourth-order valence-electron chi connectivity index (χ4n) is 4.80. The van der Waals surface area contributed by atoms with Crippen LogP contribution < -0.4 is 19.5 Å². The molecule has 0 aliphatic carbocycles. The average molecular weight is 521 g/mol. The van der Waals surface area contributed by atoms with Gasteiger partial charge in [-0.15, -0.1) is 0 Å². The molecule has 1 aliphatic rings. The summed E-state index contributed by atoms with van der Waals surface area (Å²) in [5, 5.41) is 12.2. The Balaban J connectivity index is 1.23. The summed E-state index contributed by atoms with van der Waals surface area (Å²) in [6, 6.07) is 13.6. The Hall–Kier alpha value is -4.18. The van der Waals surface area contributed by atoms with E-state index >= 15 is 0 Å². The molecule has 5 rings (SSSR count). The van der Waals surface area contributed by atoms with Gasteiger partial charge in [0.2, 0.25) is 0 Å². The third kappa shape index (κ3) is 5.86. The Morgan fingerprint density at radius 3 is 2.39 bits per heavy atom. The maximum atomic E-state index is 10.8. The number of hydrogen-bond donors (Lipinski definition) is 2. The highest BCUT2D eigenvalue weighted by molar-refractivity contribution is 5.77. The zero-order valence-electron chi connectivity index (χ0n) is 21.6. The van der Waals surface area contributed by atoms with Gasteiger partial charge in [-0.2, -0.15) is 4.98 Å². The van der Waals surface area contributed by atoms with Crippen LogP contribution in [0.5, 0.6) is 17.2 Å². The van der Waals surface area contributed by atoms with Crippen molar-refractivity contribution in [2.45, 2.75) is 39.3 Å². The van der Waals surface area contributed by atoms with Gasteiger partial charge in [-0.25, -0.2) is 4.79 Å². The minimum Gasteiger partial charge on any atom is -0.492 e. The summed E-state index contributed by atoms with van der Waals surface area (Å²) in [4.78, 5) is 17.7. The molecule has 0 unspecified atom stereocenters. The van der Waals surface area contributed by atoms with E-state index in [-0.39, 0.29) is 11.8 Å². The quantitative estimate of drug-likeness (QED) is 0.205. The highest BCUT2D eigenvalue weighted by Crippen LogP contribution is 2.35. The lowest BCUT2D eigenvalue weighted by atomic mass is 10.0. The number of ether oxygens (including phenoxy) is 3. The summed E-state index contributed by atoms with van der Waals surface area (Å²) < 4.78 is 24.6. The maximum absolute atomic E-state index is 10.8. The van der Waals surface area contributed by atoms with Gasteiger partial charge in [-0.1, -0.05) is 0 Å². The molecule has 1 fully saturated rings. The topological polar surface area (TPSA) is 111 Å². The molecule has 0 atom stereocenters. The van der Waals surface area contributed by atoms with E-state index in [9.17, 15) is 4.79 Å². The first-order valence-corrected chi connectivity index (χ1v) is 12.9. The standard InChI is InChI=1S/C28H32N4O6/c1-3-35-24-15-19(16-25(36-4-2)26(24)32-11-5-6-12-32)18-31-13-9-20(10-14-31)29-27-30-22-17-21(37-28(33)34)7-8-23(22)38-27/h5-8,11-12,15-17,20H,3-4,9-10,13-14,18H2,1-2H3,(H,29,30)(H,33,34). The lowest BCUT2D eigenvalue weighted by Crippen LogP contribution is -2.38. The molecular weight excluding hydrogens is 488 g/mol. The molecule has 38 heavy (non-hydrogen) atoms. The molecule has 0 bridgehead atoms. The molecule has 2 aromatic carbocycles. The van der Waals surface area contributed by atoms with Gasteiger partial charge >= 0.3 is 6.16 Å². The first-order valence-electron chi connectivity index (χ1n) is 12.9. The van der Waals surface area contributed by atoms with E-state index in [2.05, 4.69) is 27.3 Å². The molecule has 0 spiro atoms. The third-order valence-corrected chi connectivity index (χ3v) is 6.45. The number of rotatable bonds is 10. The summed E-state index contributed by atoms with van der Waals surface area (Å²) >= 11 is 0. The lowest BCUT2D eigenvalue weighted by Gasteiger charge is -2.32. The average Bonchev–Trinajstić information content (AvgIpc) is 3.55. The van der Waals surface area contributed by atoms with Gasteiger partial charge in [0, 0.05) is 44.1 Å². The number of likely N-dealkylation sites (tertiary alicyclic amines) is 1. The summed E-state index contributed by atoms with van der Waals surface area (Å²) in [6.45, 7) is 7.76. The van der Waals surface area contributed by atoms with Crippen LogP contribution in [0.4, 0.5) is 10.8 Å². The second kappa shape index (κ2) is 11.5. The lowest BCUT2D eigenvalue weighted by molar-refractivity contribution is 0.144. The number of hydrogen-bond acceptors (Lipinski definition) is 8. The molecule has 10 heteroatoms. The fourth-order valence-corrected chi connectivity index (χ4v) is 4.80. The molecule has 10 nitrogen and oxygen atoms in total. The van der Waals surface area contributed by atoms with E-state index in [0.29, 0.717) is 30.3 Å². The van der Waals surface area contributed by atoms with Crippen LogP contribution in [0.3, 0.4) is 0 Å². The van der Waals surface area contributed by atoms with Crippen LogP contribution >= 0.6 is 0 Å². The first kappa shape index (κ1) is 25.5. The summed E-state index contributed by atoms with van der Waals surface area (Å²) in [7, 11) is 0. The Bertz CT molecular complexity index is 1350. The number of oxazole rings is 1. The zero-order valence-corrected chi connectivity index (χ0v) is 21.6. The van der Waals surface area contributed by atoms with Gasteiger partial charge in [0.1, 0.15) is 28.5 Å². The molecule has 1 aliphatic heterocycles. The van der Waals surface area contributed by atoms with Crippen molar-refractivity contribution >= 4 is 23.3 Å². The number of piperidine rings is 1. The fraction of sp³-hybridized carbons (Fsp3) is 0.357. The molecule has 3 heterocycles. The minimum absolute atomic E-state index is 0.208. The van der Waals surface area contributed by atoms with Gasteiger partial charge < -0.3 is 33.6 Å². The van der Waals surface area contributed by atoms with Crippen LogP contribution in [-0.2, 0) is 6.54 Å². The molecule has 0 radical (unpaired) electrons. The van der Waals surface area contributed by atoms with Crippen LogP contribution in [0.15, 0.2) is 59.3 Å². The van der Waals surface area contributed by atoms with E-state index in [1.54, 1.807) is 18.2 Å². The molecule has 200 valence electrons. The summed E-state index contributed by atoms with van der Waals surface area (Å²) in [5.74, 6) is 1.84. The van der Waals surface area contributed by atoms with E-state index in [4.69, 9.17) is 23.7 Å². The second-order valence-corrected chi connectivity index (χ2v) is 9.11. The number of anilines is 1. The summed E-state index contributed by atoms with van der Waals surface area (Å²) in [6.07, 6.45) is 4.50. The third-order valence-electron chi connectivity index (χ3n) is 6.45. The van der Waals surface area contributed by atoms with Crippen molar-refractivity contribution in [1.29, 1.82) is 0 Å². The zero-order chi connectivity index (χ0) is 26.5. The highest BCUT2D eigenvalue weighted by Gasteiger charge is 2.22. The Kier molecular flexibility index (Phi) is 7.69. The van der Waals surface area contributed by atoms with E-state index in [1.807, 2.05) is 42.9 Å². The van der Waals surface area contributed by atoms with Gasteiger partial charge in [0.15, 0.2) is 5.58 Å².